The maximum atomic E-state index is 14.0. The fraction of sp³-hybridized carbons (Fsp3) is 0.311. The zero-order valence-electron chi connectivity index (χ0n) is 45.7. The highest BCUT2D eigenvalue weighted by Crippen LogP contribution is 2.37. The van der Waals surface area contributed by atoms with Gasteiger partial charge in [0.1, 0.15) is 11.4 Å². The van der Waals surface area contributed by atoms with Crippen molar-refractivity contribution in [2.45, 2.75) is 58.6 Å². The lowest BCUT2D eigenvalue weighted by atomic mass is 9.83. The lowest BCUT2D eigenvalue weighted by molar-refractivity contribution is -0.139. The quantitative estimate of drug-likeness (QED) is 0.112. The molecule has 0 atom stereocenters. The number of alkyl halides is 6. The molecule has 0 aliphatic carbocycles. The topological polar surface area (TPSA) is 132 Å². The highest BCUT2D eigenvalue weighted by Gasteiger charge is 2.36. The van der Waals surface area contributed by atoms with E-state index in [9.17, 15) is 35.9 Å². The molecule has 0 saturated carbocycles. The normalized spacial score (nSPS) is 14.8. The summed E-state index contributed by atoms with van der Waals surface area (Å²) >= 11 is 0. The van der Waals surface area contributed by atoms with Crippen molar-refractivity contribution in [1.29, 1.82) is 0 Å². The number of amides is 2. The Labute approximate surface area is 465 Å². The molecule has 2 aliphatic rings. The van der Waals surface area contributed by atoms with Gasteiger partial charge in [-0.25, -0.2) is 19.0 Å². The number of benzene rings is 4. The summed E-state index contributed by atoms with van der Waals surface area (Å²) in [6, 6.07) is 25.4. The summed E-state index contributed by atoms with van der Waals surface area (Å²) in [5, 5.41) is 13.8. The number of fused-ring (bicyclic) bond motifs is 2. The van der Waals surface area contributed by atoms with Gasteiger partial charge in [0.25, 0.3) is 11.8 Å². The molecule has 2 aliphatic heterocycles. The second kappa shape index (κ2) is 24.1. The van der Waals surface area contributed by atoms with Gasteiger partial charge in [-0.15, -0.1) is 0 Å². The van der Waals surface area contributed by atoms with Crippen molar-refractivity contribution in [3.63, 3.8) is 0 Å². The van der Waals surface area contributed by atoms with Crippen molar-refractivity contribution < 1.29 is 35.9 Å². The molecule has 0 radical (unpaired) electrons. The number of carbonyl (C=O) groups excluding carboxylic acids is 2. The van der Waals surface area contributed by atoms with Crippen molar-refractivity contribution >= 4 is 34.5 Å². The van der Waals surface area contributed by atoms with E-state index in [1.54, 1.807) is 76.3 Å². The average molecular weight is 1110 g/mol. The van der Waals surface area contributed by atoms with Crippen LogP contribution >= 0.6 is 0 Å². The minimum Gasteiger partial charge on any atom is -0.322 e. The van der Waals surface area contributed by atoms with E-state index in [0.717, 1.165) is 49.4 Å². The number of imidazole rings is 2. The Morgan fingerprint density at radius 1 is 0.531 bits per heavy atom. The number of anilines is 2. The van der Waals surface area contributed by atoms with Crippen LogP contribution in [0.5, 0.6) is 0 Å². The Hall–Kier alpha value is -8.40. The molecule has 20 heteroatoms. The largest absolute Gasteiger partial charge is 0.416 e. The van der Waals surface area contributed by atoms with Gasteiger partial charge in [-0.05, 0) is 133 Å². The second-order valence-electron chi connectivity index (χ2n) is 21.2. The van der Waals surface area contributed by atoms with Crippen LogP contribution < -0.4 is 10.6 Å². The molecule has 4 aromatic heterocycles. The molecule has 0 unspecified atom stereocenters. The molecule has 2 amide bonds. The molecule has 2 fully saturated rings. The molecular weight excluding hydrogens is 1050 g/mol. The lowest BCUT2D eigenvalue weighted by Gasteiger charge is -2.33. The van der Waals surface area contributed by atoms with E-state index in [1.165, 1.54) is 24.3 Å². The summed E-state index contributed by atoms with van der Waals surface area (Å²) in [5.41, 5.74) is 4.95. The fourth-order valence-electron chi connectivity index (χ4n) is 9.44. The third-order valence-electron chi connectivity index (χ3n) is 14.1. The van der Waals surface area contributed by atoms with Crippen LogP contribution in [-0.2, 0) is 30.9 Å². The molecule has 0 bridgehead atoms. The average Bonchev–Trinajstić information content (AvgIpc) is 4.05. The predicted octanol–water partition coefficient (Wildman–Crippen LogP) is 9.90. The molecule has 418 valence electrons. The zero-order chi connectivity index (χ0) is 57.6. The molecule has 81 heavy (non-hydrogen) atoms. The number of carbonyl (C=O) groups is 2. The first-order chi connectivity index (χ1) is 38.5. The van der Waals surface area contributed by atoms with Crippen LogP contribution in [0, 0.1) is 30.6 Å². The van der Waals surface area contributed by atoms with Crippen molar-refractivity contribution in [2.24, 2.45) is 0 Å². The van der Waals surface area contributed by atoms with Crippen LogP contribution in [0.25, 0.3) is 11.3 Å². The first-order valence-electron chi connectivity index (χ1n) is 26.3. The van der Waals surface area contributed by atoms with Gasteiger partial charge in [0.15, 0.2) is 11.3 Å². The van der Waals surface area contributed by atoms with Crippen molar-refractivity contribution in [3.05, 3.63) is 189 Å². The molecule has 14 nitrogen and oxygen atoms in total. The van der Waals surface area contributed by atoms with E-state index >= 15 is 0 Å². The van der Waals surface area contributed by atoms with Gasteiger partial charge in [0.05, 0.1) is 23.5 Å². The van der Waals surface area contributed by atoms with Gasteiger partial charge >= 0.3 is 12.4 Å². The van der Waals surface area contributed by atoms with Crippen molar-refractivity contribution in [2.75, 3.05) is 77.1 Å². The zero-order valence-corrected chi connectivity index (χ0v) is 45.7. The summed E-state index contributed by atoms with van der Waals surface area (Å²) in [6.45, 7) is 14.5. The summed E-state index contributed by atoms with van der Waals surface area (Å²) in [6.07, 6.45) is -2.55. The number of halogens is 6. The maximum absolute atomic E-state index is 14.0. The summed E-state index contributed by atoms with van der Waals surface area (Å²) in [4.78, 5) is 43.2. The number of nitrogens with one attached hydrogen (secondary N) is 2. The SMILES string of the molecule is CN1CCN(Cc2ccc(NC(=O)c3ccc(C(C)(C)C)c(C#Cc4cnc5cccnn45)c3)cc2C(F)(F)F)CC1.Cc1ccc(C(=O)Nc2ccc(CN3CCN(C)CC3)c(C(F)(F)F)c2)cc1C#Cc1cnc2cccnn12. The van der Waals surface area contributed by atoms with E-state index < -0.39 is 35.3 Å². The Bertz CT molecular complexity index is 3730. The maximum Gasteiger partial charge on any atom is 0.416 e. The highest BCUT2D eigenvalue weighted by atomic mass is 19.4. The standard InChI is InChI=1S/C32H33F3N6O.C29H27F3N6O/c1-31(2,3)27-12-9-23(18-22(27)8-11-26-20-36-29-6-5-13-37-41(26)29)30(42)38-25-10-7-24(28(19-25)32(33,34)35)21-40-16-14-39(4)15-17-40;1-20-5-6-22(16-21(20)8-10-25-18-33-27-4-3-11-34-38(25)27)28(39)35-24-9-7-23(26(17-24)29(30,31)32)19-37-14-12-36(2)13-15-37/h5-7,9-10,12-13,18-20H,14-17,21H2,1-4H3,(H,38,42);3-7,9,11,16-18H,12-15,19H2,1-2H3,(H,35,39). The van der Waals surface area contributed by atoms with E-state index in [1.807, 2.05) is 69.8 Å². The summed E-state index contributed by atoms with van der Waals surface area (Å²) in [5.74, 6) is 11.3. The number of rotatable bonds is 8. The van der Waals surface area contributed by atoms with Crippen molar-refractivity contribution in [3.8, 4) is 23.7 Å². The molecule has 4 aromatic carbocycles. The van der Waals surface area contributed by atoms with Gasteiger partial charge in [0, 0.05) is 111 Å². The molecule has 2 N–H and O–H groups in total. The molecular formula is C61H60F6N12O2. The number of aryl methyl sites for hydroxylation is 1. The van der Waals surface area contributed by atoms with Crippen LogP contribution in [0.15, 0.2) is 122 Å². The number of hydrogen-bond acceptors (Lipinski definition) is 10. The van der Waals surface area contributed by atoms with E-state index in [-0.39, 0.29) is 46.6 Å². The van der Waals surface area contributed by atoms with Crippen LogP contribution in [0.2, 0.25) is 0 Å². The Morgan fingerprint density at radius 3 is 1.41 bits per heavy atom. The van der Waals surface area contributed by atoms with Crippen LogP contribution in [0.4, 0.5) is 37.7 Å². The van der Waals surface area contributed by atoms with Gasteiger partial charge < -0.3 is 20.4 Å². The lowest BCUT2D eigenvalue weighted by Crippen LogP contribution is -2.44. The van der Waals surface area contributed by atoms with Gasteiger partial charge in [-0.3, -0.25) is 19.4 Å². The molecule has 2 saturated heterocycles. The molecule has 8 aromatic rings. The van der Waals surface area contributed by atoms with Crippen LogP contribution in [-0.4, -0.2) is 127 Å². The summed E-state index contributed by atoms with van der Waals surface area (Å²) < 4.78 is 87.2. The highest BCUT2D eigenvalue weighted by molar-refractivity contribution is 6.05. The first kappa shape index (κ1) is 57.3. The van der Waals surface area contributed by atoms with Crippen LogP contribution in [0.1, 0.15) is 97.4 Å². The van der Waals surface area contributed by atoms with Crippen molar-refractivity contribution in [1.82, 2.24) is 48.8 Å². The first-order valence-corrected chi connectivity index (χ1v) is 26.3. The third-order valence-corrected chi connectivity index (χ3v) is 14.1. The fourth-order valence-corrected chi connectivity index (χ4v) is 9.44. The van der Waals surface area contributed by atoms with Gasteiger partial charge in [-0.1, -0.05) is 56.9 Å². The van der Waals surface area contributed by atoms with Gasteiger partial charge in [0.2, 0.25) is 0 Å². The number of likely N-dealkylation sites (N-methyl/N-ethyl adjacent to an activating group) is 2. The predicted molar refractivity (Wildman–Crippen MR) is 299 cm³/mol. The number of piperazine rings is 2. The molecule has 10 rings (SSSR count). The Kier molecular flexibility index (Phi) is 17.1. The van der Waals surface area contributed by atoms with E-state index in [2.05, 4.69) is 64.3 Å². The summed E-state index contributed by atoms with van der Waals surface area (Å²) in [7, 11) is 4.00. The Morgan fingerprint density at radius 2 is 0.963 bits per heavy atom. The van der Waals surface area contributed by atoms with E-state index in [0.29, 0.717) is 65.6 Å². The van der Waals surface area contributed by atoms with E-state index in [4.69, 9.17) is 0 Å². The van der Waals surface area contributed by atoms with Crippen LogP contribution in [0.3, 0.4) is 0 Å². The second-order valence-corrected chi connectivity index (χ2v) is 21.2. The minimum absolute atomic E-state index is 0.0822. The minimum atomic E-state index is -4.55. The number of nitrogens with zero attached hydrogens (tertiary/aromatic N) is 10. The molecule has 6 heterocycles. The van der Waals surface area contributed by atoms with Gasteiger partial charge in [-0.2, -0.15) is 36.5 Å². The third kappa shape index (κ3) is 14.3. The number of aromatic nitrogens is 6. The molecule has 0 spiro atoms. The smallest absolute Gasteiger partial charge is 0.322 e. The monoisotopic (exact) mass is 1110 g/mol. The number of hydrogen-bond donors (Lipinski definition) is 2. The Balaban J connectivity index is 0.000000196.